The van der Waals surface area contributed by atoms with Gasteiger partial charge in [-0.05, 0) is 18.6 Å². The molecule has 0 aliphatic carbocycles. The Kier molecular flexibility index (Phi) is 5.12. The third-order valence-electron chi connectivity index (χ3n) is 0.797. The maximum Gasteiger partial charge on any atom is 0.307 e. The van der Waals surface area contributed by atoms with Crippen molar-refractivity contribution in [3.05, 3.63) is 30.5 Å². The summed E-state index contributed by atoms with van der Waals surface area (Å²) in [5.41, 5.74) is 2.72. The first-order valence-corrected chi connectivity index (χ1v) is 2.99. The van der Waals surface area contributed by atoms with Crippen molar-refractivity contribution in [2.24, 2.45) is 0 Å². The molecule has 0 aliphatic heterocycles. The minimum Gasteiger partial charge on any atom is -0.481 e. The van der Waals surface area contributed by atoms with Crippen LogP contribution < -0.4 is 0 Å². The molecule has 0 saturated carbocycles. The summed E-state index contributed by atoms with van der Waals surface area (Å²) in [4.78, 5) is 9.93. The van der Waals surface area contributed by atoms with E-state index < -0.39 is 5.97 Å². The van der Waals surface area contributed by atoms with Crippen molar-refractivity contribution in [3.8, 4) is 0 Å². The molecule has 0 radical (unpaired) electrons. The van der Waals surface area contributed by atoms with Crippen LogP contribution in [0.25, 0.3) is 0 Å². The number of aliphatic carboxylic acids is 1. The second-order valence-corrected chi connectivity index (χ2v) is 1.70. The van der Waals surface area contributed by atoms with Gasteiger partial charge in [-0.3, -0.25) is 4.79 Å². The fourth-order valence-electron chi connectivity index (χ4n) is 0.381. The summed E-state index contributed by atoms with van der Waals surface area (Å²) in [5.74, 6) is -0.834. The molecule has 0 aromatic carbocycles. The molecule has 0 unspecified atom stereocenters. The predicted octanol–water partition coefficient (Wildman–Crippen LogP) is 1.75. The van der Waals surface area contributed by atoms with Crippen molar-refractivity contribution < 1.29 is 9.90 Å². The highest BCUT2D eigenvalue weighted by Crippen LogP contribution is 1.82. The van der Waals surface area contributed by atoms with Crippen molar-refractivity contribution in [2.45, 2.75) is 12.8 Å². The van der Waals surface area contributed by atoms with Crippen LogP contribution in [0, 0.1) is 0 Å². The van der Waals surface area contributed by atoms with Gasteiger partial charge in [-0.2, -0.15) is 0 Å². The van der Waals surface area contributed by atoms with Crippen LogP contribution in [0.2, 0.25) is 0 Å². The summed E-state index contributed by atoms with van der Waals surface area (Å²) in [6, 6.07) is 0. The van der Waals surface area contributed by atoms with E-state index >= 15 is 0 Å². The summed E-state index contributed by atoms with van der Waals surface area (Å²) in [6.45, 7) is 3.49. The van der Waals surface area contributed by atoms with E-state index in [1.54, 1.807) is 12.2 Å². The maximum absolute atomic E-state index is 9.93. The highest BCUT2D eigenvalue weighted by atomic mass is 16.4. The van der Waals surface area contributed by atoms with Gasteiger partial charge in [-0.25, -0.2) is 0 Å². The second kappa shape index (κ2) is 5.86. The molecule has 54 valence electrons. The lowest BCUT2D eigenvalue weighted by atomic mass is 10.3. The highest BCUT2D eigenvalue weighted by Gasteiger charge is 1.86. The van der Waals surface area contributed by atoms with Gasteiger partial charge in [0.05, 0.1) is 6.42 Å². The topological polar surface area (TPSA) is 37.3 Å². The van der Waals surface area contributed by atoms with Crippen LogP contribution in [-0.2, 0) is 4.79 Å². The molecule has 0 bridgehead atoms. The van der Waals surface area contributed by atoms with Crippen molar-refractivity contribution in [3.63, 3.8) is 0 Å². The first kappa shape index (κ1) is 8.73. The Hall–Kier alpha value is -1.27. The summed E-state index contributed by atoms with van der Waals surface area (Å²) in [5, 5.41) is 8.16. The van der Waals surface area contributed by atoms with Crippen molar-refractivity contribution in [2.75, 3.05) is 0 Å². The maximum atomic E-state index is 9.93. The van der Waals surface area contributed by atoms with Crippen LogP contribution in [-0.4, -0.2) is 11.1 Å². The molecule has 0 amide bonds. The Balaban J connectivity index is 3.53. The van der Waals surface area contributed by atoms with Gasteiger partial charge in [0.25, 0.3) is 0 Å². The average Bonchev–Trinajstić information content (AvgIpc) is 1.87. The molecule has 2 nitrogen and oxygen atoms in total. The van der Waals surface area contributed by atoms with Gasteiger partial charge >= 0.3 is 5.97 Å². The molecule has 0 aliphatic rings. The van der Waals surface area contributed by atoms with E-state index in [4.69, 9.17) is 5.11 Å². The number of hydrogen-bond donors (Lipinski definition) is 1. The molecule has 0 heterocycles. The Bertz CT molecular complexity index is 174. The van der Waals surface area contributed by atoms with Crippen LogP contribution in [0.3, 0.4) is 0 Å². The molecular formula is C8H10O2. The van der Waals surface area contributed by atoms with Gasteiger partial charge in [-0.1, -0.05) is 6.08 Å². The largest absolute Gasteiger partial charge is 0.481 e. The number of hydrogen-bond acceptors (Lipinski definition) is 1. The predicted molar refractivity (Wildman–Crippen MR) is 39.7 cm³/mol. The summed E-state index contributed by atoms with van der Waals surface area (Å²) in [7, 11) is 0. The minimum atomic E-state index is -0.834. The van der Waals surface area contributed by atoms with Crippen LogP contribution >= 0.6 is 0 Å². The fraction of sp³-hybridized carbons (Fsp3) is 0.250. The summed E-state index contributed by atoms with van der Waals surface area (Å²) in [6.07, 6.45) is 5.70. The van der Waals surface area contributed by atoms with Gasteiger partial charge in [0.15, 0.2) is 0 Å². The second-order valence-electron chi connectivity index (χ2n) is 1.70. The summed E-state index contributed by atoms with van der Waals surface area (Å²) < 4.78 is 0. The van der Waals surface area contributed by atoms with Crippen molar-refractivity contribution >= 4 is 5.97 Å². The molecule has 0 saturated heterocycles. The Morgan fingerprint density at radius 1 is 1.60 bits per heavy atom. The van der Waals surface area contributed by atoms with Crippen LogP contribution in [0.15, 0.2) is 30.5 Å². The number of carboxylic acids is 1. The number of carbonyl (C=O) groups is 1. The van der Waals surface area contributed by atoms with Gasteiger partial charge < -0.3 is 5.11 Å². The van der Waals surface area contributed by atoms with E-state index in [2.05, 4.69) is 12.3 Å². The molecule has 2 heteroatoms. The standard InChI is InChI=1S/C8H10O2/c1-2-3-4-5-6-7-8(9)10/h2,4,6H,1,3,7H2,(H,9,10). The highest BCUT2D eigenvalue weighted by molar-refractivity contribution is 5.68. The van der Waals surface area contributed by atoms with E-state index in [0.29, 0.717) is 0 Å². The Morgan fingerprint density at radius 2 is 2.30 bits per heavy atom. The lowest BCUT2D eigenvalue weighted by Crippen LogP contribution is -1.88. The number of carboxylic acid groups (broad SMARTS) is 1. The van der Waals surface area contributed by atoms with E-state index in [1.165, 1.54) is 6.08 Å². The third kappa shape index (κ3) is 6.73. The average molecular weight is 138 g/mol. The van der Waals surface area contributed by atoms with Gasteiger partial charge in [-0.15, -0.1) is 12.3 Å². The molecule has 0 rings (SSSR count). The molecule has 0 spiro atoms. The third-order valence-corrected chi connectivity index (χ3v) is 0.797. The smallest absolute Gasteiger partial charge is 0.307 e. The van der Waals surface area contributed by atoms with Gasteiger partial charge in [0.2, 0.25) is 0 Å². The molecule has 0 atom stereocenters. The normalized spacial score (nSPS) is 7.60. The molecule has 0 aromatic heterocycles. The Morgan fingerprint density at radius 3 is 2.80 bits per heavy atom. The molecular weight excluding hydrogens is 128 g/mol. The zero-order valence-electron chi connectivity index (χ0n) is 5.71. The quantitative estimate of drug-likeness (QED) is 0.474. The molecule has 0 aromatic rings. The van der Waals surface area contributed by atoms with Crippen molar-refractivity contribution in [1.82, 2.24) is 0 Å². The SMILES string of the molecule is C=CCC=C=CCC(=O)O. The molecule has 0 fully saturated rings. The van der Waals surface area contributed by atoms with Crippen molar-refractivity contribution in [1.29, 1.82) is 0 Å². The first-order valence-electron chi connectivity index (χ1n) is 2.99. The zero-order chi connectivity index (χ0) is 7.82. The minimum absolute atomic E-state index is 0.0354. The number of allylic oxidation sites excluding steroid dienone is 1. The van der Waals surface area contributed by atoms with Crippen LogP contribution in [0.1, 0.15) is 12.8 Å². The zero-order valence-corrected chi connectivity index (χ0v) is 5.71. The summed E-state index contributed by atoms with van der Waals surface area (Å²) >= 11 is 0. The number of rotatable bonds is 4. The molecule has 1 N–H and O–H groups in total. The lowest BCUT2D eigenvalue weighted by molar-refractivity contribution is -0.135. The first-order chi connectivity index (χ1) is 4.77. The lowest BCUT2D eigenvalue weighted by Gasteiger charge is -1.77. The monoisotopic (exact) mass is 138 g/mol. The fourth-order valence-corrected chi connectivity index (χ4v) is 0.381. The van der Waals surface area contributed by atoms with E-state index in [-0.39, 0.29) is 6.42 Å². The van der Waals surface area contributed by atoms with E-state index in [9.17, 15) is 4.79 Å². The molecule has 10 heavy (non-hydrogen) atoms. The van der Waals surface area contributed by atoms with Crippen LogP contribution in [0.4, 0.5) is 0 Å². The van der Waals surface area contributed by atoms with Gasteiger partial charge in [0.1, 0.15) is 0 Å². The van der Waals surface area contributed by atoms with E-state index in [0.717, 1.165) is 6.42 Å². The van der Waals surface area contributed by atoms with E-state index in [1.807, 2.05) is 0 Å². The van der Waals surface area contributed by atoms with Crippen LogP contribution in [0.5, 0.6) is 0 Å². The Labute approximate surface area is 60.2 Å². The van der Waals surface area contributed by atoms with Gasteiger partial charge in [0, 0.05) is 0 Å².